The molecular weight excluding hydrogens is 294 g/mol. The maximum Gasteiger partial charge on any atom is 0.407 e. The quantitative estimate of drug-likeness (QED) is 0.769. The summed E-state index contributed by atoms with van der Waals surface area (Å²) >= 11 is 0. The van der Waals surface area contributed by atoms with Gasteiger partial charge in [0.25, 0.3) is 0 Å². The lowest BCUT2D eigenvalue weighted by Gasteiger charge is -2.31. The molecule has 0 aromatic heterocycles. The third-order valence-electron chi connectivity index (χ3n) is 3.74. The van der Waals surface area contributed by atoms with Gasteiger partial charge in [0, 0.05) is 12.0 Å². The Balaban J connectivity index is 2.49. The van der Waals surface area contributed by atoms with Crippen LogP contribution in [0, 0.1) is 5.41 Å². The van der Waals surface area contributed by atoms with Crippen LogP contribution in [0.3, 0.4) is 0 Å². The van der Waals surface area contributed by atoms with Crippen molar-refractivity contribution in [2.24, 2.45) is 5.41 Å². The molecular formula is C18H29NO4. The number of ether oxygens (including phenoxy) is 2. The first-order chi connectivity index (χ1) is 10.8. The van der Waals surface area contributed by atoms with Gasteiger partial charge in [0.2, 0.25) is 0 Å². The molecule has 1 aromatic rings. The maximum absolute atomic E-state index is 11.8. The maximum atomic E-state index is 11.8. The summed E-state index contributed by atoms with van der Waals surface area (Å²) in [5.41, 5.74) is -0.944. The lowest BCUT2D eigenvalue weighted by molar-refractivity contribution is 0.0431. The van der Waals surface area contributed by atoms with E-state index in [9.17, 15) is 9.90 Å². The molecule has 0 radical (unpaired) electrons. The van der Waals surface area contributed by atoms with E-state index in [0.29, 0.717) is 19.6 Å². The average molecular weight is 323 g/mol. The van der Waals surface area contributed by atoms with Crippen LogP contribution >= 0.6 is 0 Å². The van der Waals surface area contributed by atoms with Crippen LogP contribution < -0.4 is 10.1 Å². The van der Waals surface area contributed by atoms with E-state index in [-0.39, 0.29) is 6.61 Å². The number of amides is 1. The molecule has 0 aliphatic rings. The monoisotopic (exact) mass is 323 g/mol. The van der Waals surface area contributed by atoms with Crippen LogP contribution in [-0.2, 0) is 4.74 Å². The second kappa shape index (κ2) is 8.77. The fraction of sp³-hybridized carbons (Fsp3) is 0.611. The molecule has 0 heterocycles. The molecule has 0 aliphatic carbocycles. The Labute approximate surface area is 139 Å². The lowest BCUT2D eigenvalue weighted by Crippen LogP contribution is -2.42. The van der Waals surface area contributed by atoms with Gasteiger partial charge < -0.3 is 19.9 Å². The summed E-state index contributed by atoms with van der Waals surface area (Å²) in [6, 6.07) is 9.55. The van der Waals surface area contributed by atoms with Crippen LogP contribution in [0.2, 0.25) is 0 Å². The van der Waals surface area contributed by atoms with Crippen LogP contribution in [0.25, 0.3) is 0 Å². The first-order valence-corrected chi connectivity index (χ1v) is 8.06. The highest BCUT2D eigenvalue weighted by atomic mass is 16.6. The second-order valence-electron chi connectivity index (χ2n) is 6.78. The normalized spacial score (nSPS) is 14.0. The summed E-state index contributed by atoms with van der Waals surface area (Å²) < 4.78 is 10.9. The van der Waals surface area contributed by atoms with Crippen molar-refractivity contribution in [3.8, 4) is 5.75 Å². The largest absolute Gasteiger partial charge is 0.494 e. The third-order valence-corrected chi connectivity index (χ3v) is 3.74. The van der Waals surface area contributed by atoms with Crippen molar-refractivity contribution in [3.63, 3.8) is 0 Å². The van der Waals surface area contributed by atoms with Gasteiger partial charge in [-0.05, 0) is 45.7 Å². The Kier molecular flexibility index (Phi) is 7.36. The van der Waals surface area contributed by atoms with Crippen molar-refractivity contribution in [2.45, 2.75) is 46.1 Å². The van der Waals surface area contributed by atoms with Crippen molar-refractivity contribution >= 4 is 6.09 Å². The molecule has 0 spiro atoms. The van der Waals surface area contributed by atoms with Crippen LogP contribution in [0.15, 0.2) is 30.3 Å². The van der Waals surface area contributed by atoms with Gasteiger partial charge in [-0.3, -0.25) is 0 Å². The van der Waals surface area contributed by atoms with E-state index in [1.807, 2.05) is 58.0 Å². The number of para-hydroxylation sites is 1. The topological polar surface area (TPSA) is 67.8 Å². The standard InChI is InChI=1S/C18H29NO4/c1-5-18(14-20,13-19-16(21)23-17(2,3)4)11-12-22-15-9-7-6-8-10-15/h6-10,20H,5,11-14H2,1-4H3,(H,19,21). The summed E-state index contributed by atoms with van der Waals surface area (Å²) in [6.07, 6.45) is 0.912. The van der Waals surface area contributed by atoms with E-state index in [0.717, 1.165) is 12.2 Å². The molecule has 5 nitrogen and oxygen atoms in total. The van der Waals surface area contributed by atoms with Gasteiger partial charge in [-0.25, -0.2) is 4.79 Å². The number of hydrogen-bond acceptors (Lipinski definition) is 4. The summed E-state index contributed by atoms with van der Waals surface area (Å²) in [5.74, 6) is 0.801. The number of aliphatic hydroxyl groups excluding tert-OH is 1. The highest BCUT2D eigenvalue weighted by Gasteiger charge is 2.29. The Morgan fingerprint density at radius 1 is 1.22 bits per heavy atom. The fourth-order valence-corrected chi connectivity index (χ4v) is 2.11. The Morgan fingerprint density at radius 3 is 2.39 bits per heavy atom. The van der Waals surface area contributed by atoms with Gasteiger partial charge in [0.15, 0.2) is 0 Å². The van der Waals surface area contributed by atoms with Crippen molar-refractivity contribution in [1.29, 1.82) is 0 Å². The minimum Gasteiger partial charge on any atom is -0.494 e. The zero-order chi connectivity index (χ0) is 17.3. The second-order valence-corrected chi connectivity index (χ2v) is 6.78. The van der Waals surface area contributed by atoms with Crippen molar-refractivity contribution in [1.82, 2.24) is 5.32 Å². The van der Waals surface area contributed by atoms with Gasteiger partial charge >= 0.3 is 6.09 Å². The number of hydrogen-bond donors (Lipinski definition) is 2. The molecule has 130 valence electrons. The third kappa shape index (κ3) is 7.37. The fourth-order valence-electron chi connectivity index (χ4n) is 2.11. The van der Waals surface area contributed by atoms with Crippen LogP contribution in [0.1, 0.15) is 40.5 Å². The molecule has 0 fully saturated rings. The Hall–Kier alpha value is -1.75. The van der Waals surface area contributed by atoms with E-state index in [1.165, 1.54) is 0 Å². The lowest BCUT2D eigenvalue weighted by atomic mass is 9.83. The SMILES string of the molecule is CCC(CO)(CCOc1ccccc1)CNC(=O)OC(C)(C)C. The molecule has 0 aliphatic heterocycles. The number of nitrogens with one attached hydrogen (secondary N) is 1. The highest BCUT2D eigenvalue weighted by Crippen LogP contribution is 2.26. The van der Waals surface area contributed by atoms with Gasteiger partial charge in [0.05, 0.1) is 13.2 Å². The van der Waals surface area contributed by atoms with E-state index >= 15 is 0 Å². The minimum absolute atomic E-state index is 0.0164. The van der Waals surface area contributed by atoms with Gasteiger partial charge in [-0.2, -0.15) is 0 Å². The molecule has 1 unspecified atom stereocenters. The average Bonchev–Trinajstić information content (AvgIpc) is 2.50. The predicted molar refractivity (Wildman–Crippen MR) is 90.6 cm³/mol. The molecule has 1 rings (SSSR count). The number of benzene rings is 1. The molecule has 0 saturated heterocycles. The minimum atomic E-state index is -0.533. The Morgan fingerprint density at radius 2 is 1.87 bits per heavy atom. The van der Waals surface area contributed by atoms with Crippen LogP contribution in [0.5, 0.6) is 5.75 Å². The summed E-state index contributed by atoms with van der Waals surface area (Å²) in [6.45, 7) is 8.27. The number of rotatable bonds is 8. The number of aliphatic hydroxyl groups is 1. The first-order valence-electron chi connectivity index (χ1n) is 8.06. The van der Waals surface area contributed by atoms with E-state index < -0.39 is 17.1 Å². The number of alkyl carbamates (subject to hydrolysis) is 1. The van der Waals surface area contributed by atoms with E-state index in [1.54, 1.807) is 0 Å². The number of carbonyl (C=O) groups excluding carboxylic acids is 1. The number of carbonyl (C=O) groups is 1. The predicted octanol–water partition coefficient (Wildman–Crippen LogP) is 3.37. The van der Waals surface area contributed by atoms with Crippen molar-refractivity contribution < 1.29 is 19.4 Å². The summed E-state index contributed by atoms with van der Waals surface area (Å²) in [4.78, 5) is 11.8. The Bertz CT molecular complexity index is 464. The van der Waals surface area contributed by atoms with Gasteiger partial charge in [-0.15, -0.1) is 0 Å². The van der Waals surface area contributed by atoms with E-state index in [2.05, 4.69) is 5.32 Å². The van der Waals surface area contributed by atoms with Crippen LogP contribution in [0.4, 0.5) is 4.79 Å². The highest BCUT2D eigenvalue weighted by molar-refractivity contribution is 5.67. The molecule has 5 heteroatoms. The van der Waals surface area contributed by atoms with Crippen molar-refractivity contribution in [2.75, 3.05) is 19.8 Å². The summed E-state index contributed by atoms with van der Waals surface area (Å²) in [7, 11) is 0. The van der Waals surface area contributed by atoms with Gasteiger partial charge in [0.1, 0.15) is 11.4 Å². The zero-order valence-corrected chi connectivity index (χ0v) is 14.6. The van der Waals surface area contributed by atoms with E-state index in [4.69, 9.17) is 9.47 Å². The molecule has 1 atom stereocenters. The zero-order valence-electron chi connectivity index (χ0n) is 14.6. The molecule has 1 aromatic carbocycles. The molecule has 23 heavy (non-hydrogen) atoms. The van der Waals surface area contributed by atoms with Gasteiger partial charge in [-0.1, -0.05) is 25.1 Å². The van der Waals surface area contributed by atoms with Crippen molar-refractivity contribution in [3.05, 3.63) is 30.3 Å². The molecule has 0 saturated carbocycles. The first kappa shape index (κ1) is 19.3. The molecule has 2 N–H and O–H groups in total. The summed E-state index contributed by atoms with van der Waals surface area (Å²) in [5, 5.41) is 12.5. The molecule has 1 amide bonds. The smallest absolute Gasteiger partial charge is 0.407 e. The molecule has 0 bridgehead atoms. The van der Waals surface area contributed by atoms with Crippen LogP contribution in [-0.4, -0.2) is 36.6 Å².